The lowest BCUT2D eigenvalue weighted by molar-refractivity contribution is -0.159. The highest BCUT2D eigenvalue weighted by molar-refractivity contribution is 7.98. The summed E-state index contributed by atoms with van der Waals surface area (Å²) in [6.45, 7) is 1.98. The van der Waals surface area contributed by atoms with Gasteiger partial charge in [-0.3, -0.25) is 0 Å². The number of thioether (sulfide) groups is 1. The predicted octanol–water partition coefficient (Wildman–Crippen LogP) is 0.672. The normalized spacial score (nSPS) is 14.5. The van der Waals surface area contributed by atoms with Crippen molar-refractivity contribution in [3.63, 3.8) is 0 Å². The van der Waals surface area contributed by atoms with Crippen LogP contribution in [0.25, 0.3) is 0 Å². The highest BCUT2D eigenvalue weighted by atomic mass is 32.2. The monoisotopic (exact) mass is 319 g/mol. The first kappa shape index (κ1) is 17.5. The number of rotatable bonds is 5. The topological polar surface area (TPSA) is 132 Å². The van der Waals surface area contributed by atoms with Crippen LogP contribution in [0.1, 0.15) is 17.8 Å². The molecule has 0 aliphatic carbocycles. The molecule has 0 spiro atoms. The predicted molar refractivity (Wildman–Crippen MR) is 73.8 cm³/mol. The Kier molecular flexibility index (Phi) is 7.83. The highest BCUT2D eigenvalue weighted by Gasteiger charge is 2.21. The van der Waals surface area contributed by atoms with Gasteiger partial charge in [0.25, 0.3) is 0 Å². The van der Waals surface area contributed by atoms with Crippen LogP contribution in [0.4, 0.5) is 0 Å². The zero-order valence-corrected chi connectivity index (χ0v) is 12.0. The third kappa shape index (κ3) is 6.63. The number of carboxylic acids is 2. The molecule has 0 saturated carbocycles. The van der Waals surface area contributed by atoms with Gasteiger partial charge in [0.05, 0.1) is 19.0 Å². The van der Waals surface area contributed by atoms with Gasteiger partial charge in [-0.15, -0.1) is 0 Å². The van der Waals surface area contributed by atoms with E-state index in [1.54, 1.807) is 11.8 Å². The summed E-state index contributed by atoms with van der Waals surface area (Å²) >= 11 is 1.76. The van der Waals surface area contributed by atoms with Crippen LogP contribution in [0.3, 0.4) is 0 Å². The number of carbonyl (C=O) groups is 2. The van der Waals surface area contributed by atoms with Crippen LogP contribution in [0.2, 0.25) is 0 Å². The number of ether oxygens (including phenoxy) is 2. The molecule has 0 aromatic carbocycles. The fraction of sp³-hybridized carbons (Fsp3) is 0.500. The van der Waals surface area contributed by atoms with Crippen molar-refractivity contribution < 1.29 is 33.7 Å². The van der Waals surface area contributed by atoms with Crippen molar-refractivity contribution in [2.75, 3.05) is 25.5 Å². The molecule has 0 atom stereocenters. The van der Waals surface area contributed by atoms with Crippen LogP contribution in [-0.4, -0.2) is 47.7 Å². The maximum atomic E-state index is 9.10. The van der Waals surface area contributed by atoms with Gasteiger partial charge in [-0.2, -0.15) is 11.8 Å². The Balaban J connectivity index is 0.000000315. The van der Waals surface area contributed by atoms with E-state index in [0.717, 1.165) is 23.0 Å². The van der Waals surface area contributed by atoms with Crippen LogP contribution >= 0.6 is 11.8 Å². The molecule has 0 amide bonds. The maximum Gasteiger partial charge on any atom is 0.414 e. The molecule has 8 nitrogen and oxygen atoms in total. The molecular formula is C12H17NO7S. The minimum atomic E-state index is -1.82. The zero-order chi connectivity index (χ0) is 15.7. The molecular weight excluding hydrogens is 302 g/mol. The summed E-state index contributed by atoms with van der Waals surface area (Å²) in [4.78, 5) is 18.2. The van der Waals surface area contributed by atoms with E-state index >= 15 is 0 Å². The molecule has 2 heterocycles. The molecule has 1 aliphatic heterocycles. The third-order valence-corrected chi connectivity index (χ3v) is 3.24. The largest absolute Gasteiger partial charge is 0.473 e. The number of aliphatic carboxylic acids is 2. The average Bonchev–Trinajstić information content (AvgIpc) is 3.10. The second-order valence-electron chi connectivity index (χ2n) is 3.83. The molecule has 1 fully saturated rings. The summed E-state index contributed by atoms with van der Waals surface area (Å²) in [5, 5.41) is 14.8. The fourth-order valence-electron chi connectivity index (χ4n) is 1.38. The molecule has 1 saturated heterocycles. The Morgan fingerprint density at radius 2 is 1.86 bits per heavy atom. The van der Waals surface area contributed by atoms with E-state index in [-0.39, 0.29) is 6.29 Å². The first-order chi connectivity index (χ1) is 10.0. The first-order valence-corrected chi connectivity index (χ1v) is 7.26. The van der Waals surface area contributed by atoms with E-state index in [4.69, 9.17) is 39.4 Å². The van der Waals surface area contributed by atoms with Crippen molar-refractivity contribution in [3.8, 4) is 0 Å². The van der Waals surface area contributed by atoms with E-state index in [1.807, 2.05) is 12.1 Å². The fourth-order valence-corrected chi connectivity index (χ4v) is 2.04. The Morgan fingerprint density at radius 3 is 2.38 bits per heavy atom. The molecule has 1 aromatic heterocycles. The summed E-state index contributed by atoms with van der Waals surface area (Å²) in [5.41, 5.74) is 5.41. The average molecular weight is 319 g/mol. The maximum absolute atomic E-state index is 9.10. The highest BCUT2D eigenvalue weighted by Crippen LogP contribution is 2.26. The van der Waals surface area contributed by atoms with Gasteiger partial charge in [0, 0.05) is 12.3 Å². The quantitative estimate of drug-likeness (QED) is 0.529. The van der Waals surface area contributed by atoms with Crippen molar-refractivity contribution in [2.24, 2.45) is 5.73 Å². The number of hydrogen-bond donors (Lipinski definition) is 3. The van der Waals surface area contributed by atoms with Crippen molar-refractivity contribution in [1.29, 1.82) is 0 Å². The molecule has 0 unspecified atom stereocenters. The minimum absolute atomic E-state index is 0.307. The van der Waals surface area contributed by atoms with Gasteiger partial charge in [0.2, 0.25) is 6.29 Å². The number of hydrogen-bond acceptors (Lipinski definition) is 7. The summed E-state index contributed by atoms with van der Waals surface area (Å²) in [7, 11) is 0. The van der Waals surface area contributed by atoms with Crippen LogP contribution in [-0.2, 0) is 24.8 Å². The van der Waals surface area contributed by atoms with E-state index in [2.05, 4.69) is 0 Å². The van der Waals surface area contributed by atoms with Gasteiger partial charge >= 0.3 is 11.9 Å². The van der Waals surface area contributed by atoms with E-state index in [1.165, 1.54) is 0 Å². The van der Waals surface area contributed by atoms with Crippen molar-refractivity contribution in [2.45, 2.75) is 12.0 Å². The van der Waals surface area contributed by atoms with Crippen LogP contribution in [0, 0.1) is 0 Å². The smallest absolute Gasteiger partial charge is 0.414 e. The summed E-state index contributed by atoms with van der Waals surface area (Å²) in [5.74, 6) is -0.139. The zero-order valence-electron chi connectivity index (χ0n) is 11.2. The van der Waals surface area contributed by atoms with E-state index in [0.29, 0.717) is 19.8 Å². The summed E-state index contributed by atoms with van der Waals surface area (Å²) in [6.07, 6.45) is -0.307. The molecule has 2 rings (SSSR count). The lowest BCUT2D eigenvalue weighted by Crippen LogP contribution is -2.09. The molecule has 9 heteroatoms. The lowest BCUT2D eigenvalue weighted by atomic mass is 10.4. The van der Waals surface area contributed by atoms with E-state index < -0.39 is 11.9 Å². The van der Waals surface area contributed by atoms with Crippen molar-refractivity contribution in [1.82, 2.24) is 0 Å². The van der Waals surface area contributed by atoms with Gasteiger partial charge in [-0.05, 0) is 12.1 Å². The second kappa shape index (κ2) is 9.40. The molecule has 0 radical (unpaired) electrons. The van der Waals surface area contributed by atoms with Gasteiger partial charge < -0.3 is 29.8 Å². The summed E-state index contributed by atoms with van der Waals surface area (Å²) in [6, 6.07) is 3.87. The Bertz CT molecular complexity index is 444. The number of nitrogens with two attached hydrogens (primary N) is 1. The van der Waals surface area contributed by atoms with Gasteiger partial charge in [0.15, 0.2) is 5.76 Å². The second-order valence-corrected chi connectivity index (χ2v) is 4.93. The molecule has 21 heavy (non-hydrogen) atoms. The molecule has 0 bridgehead atoms. The van der Waals surface area contributed by atoms with Gasteiger partial charge in [-0.25, -0.2) is 9.59 Å². The molecule has 4 N–H and O–H groups in total. The standard InChI is InChI=1S/C10H15NO3S.C2H2O4/c11-3-6-15-7-8-1-2-9(14-8)10-12-4-5-13-10;3-1(4)2(5)6/h1-2,10H,3-7,11H2;(H,3,4)(H,5,6). The van der Waals surface area contributed by atoms with Crippen LogP contribution in [0.15, 0.2) is 16.5 Å². The Morgan fingerprint density at radius 1 is 1.24 bits per heavy atom. The SMILES string of the molecule is NCCSCc1ccc(C2OCCO2)o1.O=C(O)C(=O)O. The molecule has 1 aromatic rings. The van der Waals surface area contributed by atoms with E-state index in [9.17, 15) is 0 Å². The third-order valence-electron chi connectivity index (χ3n) is 2.23. The summed E-state index contributed by atoms with van der Waals surface area (Å²) < 4.78 is 16.3. The van der Waals surface area contributed by atoms with Gasteiger partial charge in [-0.1, -0.05) is 0 Å². The number of furan rings is 1. The number of carboxylic acid groups (broad SMARTS) is 2. The van der Waals surface area contributed by atoms with Crippen molar-refractivity contribution >= 4 is 23.7 Å². The Labute approximate surface area is 125 Å². The lowest BCUT2D eigenvalue weighted by Gasteiger charge is -2.04. The first-order valence-electron chi connectivity index (χ1n) is 6.10. The molecule has 1 aliphatic rings. The minimum Gasteiger partial charge on any atom is -0.473 e. The van der Waals surface area contributed by atoms with Crippen LogP contribution in [0.5, 0.6) is 0 Å². The van der Waals surface area contributed by atoms with Crippen LogP contribution < -0.4 is 5.73 Å². The Hall–Kier alpha value is -1.55. The van der Waals surface area contributed by atoms with Crippen molar-refractivity contribution in [3.05, 3.63) is 23.7 Å². The molecule has 118 valence electrons. The van der Waals surface area contributed by atoms with Gasteiger partial charge in [0.1, 0.15) is 5.76 Å².